The first-order chi connectivity index (χ1) is 16.0. The van der Waals surface area contributed by atoms with Crippen LogP contribution in [0.4, 0.5) is 16.3 Å². The van der Waals surface area contributed by atoms with Crippen molar-refractivity contribution in [3.05, 3.63) is 36.0 Å². The summed E-state index contributed by atoms with van der Waals surface area (Å²) in [5.41, 5.74) is 1.65. The molecule has 3 N–H and O–H groups in total. The fourth-order valence-electron chi connectivity index (χ4n) is 4.14. The van der Waals surface area contributed by atoms with E-state index in [1.165, 1.54) is 0 Å². The van der Waals surface area contributed by atoms with Crippen LogP contribution in [0.2, 0.25) is 0 Å². The Morgan fingerprint density at radius 1 is 1.21 bits per heavy atom. The van der Waals surface area contributed by atoms with Gasteiger partial charge < -0.3 is 29.9 Å². The van der Waals surface area contributed by atoms with Crippen LogP contribution in [-0.4, -0.2) is 75.1 Å². The number of amides is 2. The van der Waals surface area contributed by atoms with Crippen LogP contribution in [-0.2, 0) is 21.2 Å². The van der Waals surface area contributed by atoms with Crippen LogP contribution in [0.3, 0.4) is 0 Å². The Hall–Kier alpha value is -2.60. The molecule has 1 atom stereocenters. The third kappa shape index (κ3) is 5.67. The highest BCUT2D eigenvalue weighted by molar-refractivity contribution is 7.79. The molecule has 4 rings (SSSR count). The fraction of sp³-hybridized carbons (Fsp3) is 0.500. The second kappa shape index (κ2) is 10.6. The standard InChI is InChI=1S/C22H29N5O5S/c28-11-8-23-21(29)24-17-4-2-16(3-5-17)20-25-18(22(6-1-7-22)15-33(30)31)14-19(26-20)27-9-12-32-13-10-27/h2-5,14,28H,1,6-13,15H2,(H,30,31)(H2,23,24,29)/p-1. The number of aromatic nitrogens is 2. The van der Waals surface area contributed by atoms with E-state index in [-0.39, 0.29) is 18.9 Å². The maximum Gasteiger partial charge on any atom is 0.319 e. The van der Waals surface area contributed by atoms with Gasteiger partial charge in [-0.25, -0.2) is 14.8 Å². The van der Waals surface area contributed by atoms with Crippen LogP contribution in [0, 0.1) is 0 Å². The monoisotopic (exact) mass is 474 g/mol. The number of hydrogen-bond acceptors (Lipinski definition) is 8. The second-order valence-corrected chi connectivity index (χ2v) is 9.19. The Morgan fingerprint density at radius 2 is 1.94 bits per heavy atom. The lowest BCUT2D eigenvalue weighted by Gasteiger charge is -2.42. The number of urea groups is 1. The Balaban J connectivity index is 1.64. The van der Waals surface area contributed by atoms with Crippen molar-refractivity contribution in [1.29, 1.82) is 0 Å². The van der Waals surface area contributed by atoms with Crippen molar-refractivity contribution in [2.75, 3.05) is 55.4 Å². The molecule has 1 aromatic heterocycles. The number of nitrogens with zero attached hydrogens (tertiary/aromatic N) is 3. The SMILES string of the molecule is O=C(NCCO)Nc1ccc(-c2nc(N3CCOCC3)cc(C3(CS(=O)[O-])CCC3)n2)cc1. The van der Waals surface area contributed by atoms with E-state index in [0.717, 1.165) is 36.3 Å². The van der Waals surface area contributed by atoms with Gasteiger partial charge in [0.15, 0.2) is 5.82 Å². The first-order valence-electron chi connectivity index (χ1n) is 11.0. The van der Waals surface area contributed by atoms with Crippen molar-refractivity contribution in [1.82, 2.24) is 15.3 Å². The lowest BCUT2D eigenvalue weighted by Crippen LogP contribution is -2.41. The highest BCUT2D eigenvalue weighted by atomic mass is 32.2. The molecule has 0 bridgehead atoms. The summed E-state index contributed by atoms with van der Waals surface area (Å²) in [6, 6.07) is 8.69. The quantitative estimate of drug-likeness (QED) is 0.488. The van der Waals surface area contributed by atoms with E-state index >= 15 is 0 Å². The summed E-state index contributed by atoms with van der Waals surface area (Å²) in [6.45, 7) is 2.69. The third-order valence-corrected chi connectivity index (χ3v) is 6.88. The number of rotatable bonds is 8. The van der Waals surface area contributed by atoms with Crippen molar-refractivity contribution >= 4 is 28.6 Å². The molecule has 1 unspecified atom stereocenters. The van der Waals surface area contributed by atoms with Crippen LogP contribution in [0.25, 0.3) is 11.4 Å². The summed E-state index contributed by atoms with van der Waals surface area (Å²) < 4.78 is 28.6. The first kappa shape index (κ1) is 23.6. The minimum atomic E-state index is -2.16. The normalized spacial score (nSPS) is 18.3. The van der Waals surface area contributed by atoms with Crippen LogP contribution >= 0.6 is 0 Å². The van der Waals surface area contributed by atoms with Crippen molar-refractivity contribution in [2.24, 2.45) is 0 Å². The van der Waals surface area contributed by atoms with Crippen LogP contribution in [0.15, 0.2) is 30.3 Å². The van der Waals surface area contributed by atoms with Gasteiger partial charge in [0.25, 0.3) is 0 Å². The van der Waals surface area contributed by atoms with E-state index in [0.29, 0.717) is 37.8 Å². The average Bonchev–Trinajstić information content (AvgIpc) is 2.80. The molecule has 2 amide bonds. The fourth-order valence-corrected chi connectivity index (χ4v) is 5.03. The maximum atomic E-state index is 11.8. The Labute approximate surface area is 195 Å². The second-order valence-electron chi connectivity index (χ2n) is 8.30. The van der Waals surface area contributed by atoms with Crippen LogP contribution in [0.5, 0.6) is 0 Å². The van der Waals surface area contributed by atoms with E-state index in [9.17, 15) is 13.6 Å². The molecule has 11 heteroatoms. The van der Waals surface area contributed by atoms with E-state index in [1.54, 1.807) is 12.1 Å². The van der Waals surface area contributed by atoms with Gasteiger partial charge in [0.2, 0.25) is 0 Å². The summed E-state index contributed by atoms with van der Waals surface area (Å²) in [7, 11) is 0. The molecule has 2 aliphatic rings. The summed E-state index contributed by atoms with van der Waals surface area (Å²) in [5.74, 6) is 1.35. The zero-order chi connectivity index (χ0) is 23.3. The highest BCUT2D eigenvalue weighted by Crippen LogP contribution is 2.44. The number of hydrogen-bond donors (Lipinski definition) is 3. The number of benzene rings is 1. The minimum absolute atomic E-state index is 0.0534. The van der Waals surface area contributed by atoms with E-state index < -0.39 is 22.5 Å². The molecule has 1 saturated carbocycles. The van der Waals surface area contributed by atoms with E-state index in [4.69, 9.17) is 19.8 Å². The molecular weight excluding hydrogens is 446 g/mol. The number of carbonyl (C=O) groups excluding carboxylic acids is 1. The lowest BCUT2D eigenvalue weighted by molar-refractivity contribution is 0.122. The Kier molecular flexibility index (Phi) is 7.53. The molecule has 1 aliphatic heterocycles. The first-order valence-corrected chi connectivity index (χ1v) is 12.3. The number of ether oxygens (including phenoxy) is 1. The van der Waals surface area contributed by atoms with Gasteiger partial charge in [-0.3, -0.25) is 4.21 Å². The highest BCUT2D eigenvalue weighted by Gasteiger charge is 2.41. The van der Waals surface area contributed by atoms with Gasteiger partial charge >= 0.3 is 6.03 Å². The molecule has 33 heavy (non-hydrogen) atoms. The molecule has 1 saturated heterocycles. The molecule has 2 fully saturated rings. The van der Waals surface area contributed by atoms with E-state index in [1.807, 2.05) is 18.2 Å². The zero-order valence-electron chi connectivity index (χ0n) is 18.3. The van der Waals surface area contributed by atoms with Crippen LogP contribution < -0.4 is 15.5 Å². The predicted molar refractivity (Wildman–Crippen MR) is 124 cm³/mol. The zero-order valence-corrected chi connectivity index (χ0v) is 19.1. The number of nitrogens with one attached hydrogen (secondary N) is 2. The number of morpholine rings is 1. The molecule has 2 aromatic rings. The number of carbonyl (C=O) groups is 1. The largest absolute Gasteiger partial charge is 0.772 e. The number of anilines is 2. The van der Waals surface area contributed by atoms with Crippen molar-refractivity contribution in [2.45, 2.75) is 24.7 Å². The smallest absolute Gasteiger partial charge is 0.319 e. The molecule has 1 aromatic carbocycles. The minimum Gasteiger partial charge on any atom is -0.772 e. The molecule has 0 spiro atoms. The summed E-state index contributed by atoms with van der Waals surface area (Å²) in [4.78, 5) is 23.5. The Morgan fingerprint density at radius 3 is 2.55 bits per heavy atom. The molecule has 10 nitrogen and oxygen atoms in total. The number of aliphatic hydroxyl groups is 1. The van der Waals surface area contributed by atoms with Gasteiger partial charge in [-0.1, -0.05) is 17.5 Å². The topological polar surface area (TPSA) is 140 Å². The van der Waals surface area contributed by atoms with Crippen molar-refractivity contribution in [3.63, 3.8) is 0 Å². The van der Waals surface area contributed by atoms with Crippen molar-refractivity contribution in [3.8, 4) is 11.4 Å². The molecule has 1 aliphatic carbocycles. The van der Waals surface area contributed by atoms with Gasteiger partial charge in [0.05, 0.1) is 25.5 Å². The van der Waals surface area contributed by atoms with Gasteiger partial charge in [-0.05, 0) is 37.1 Å². The van der Waals surface area contributed by atoms with Gasteiger partial charge in [-0.15, -0.1) is 0 Å². The predicted octanol–water partition coefficient (Wildman–Crippen LogP) is 1.39. The summed E-state index contributed by atoms with van der Waals surface area (Å²) in [6.07, 6.45) is 2.54. The van der Waals surface area contributed by atoms with Crippen molar-refractivity contribution < 1.29 is 23.4 Å². The van der Waals surface area contributed by atoms with Gasteiger partial charge in [0.1, 0.15) is 5.82 Å². The molecule has 0 radical (unpaired) electrons. The molecular formula is C22H28N5O5S-. The third-order valence-electron chi connectivity index (χ3n) is 6.09. The van der Waals surface area contributed by atoms with Gasteiger partial charge in [-0.2, -0.15) is 0 Å². The summed E-state index contributed by atoms with van der Waals surface area (Å²) in [5, 5.41) is 14.0. The number of aliphatic hydroxyl groups excluding tert-OH is 1. The summed E-state index contributed by atoms with van der Waals surface area (Å²) >= 11 is -2.16. The average molecular weight is 475 g/mol. The maximum absolute atomic E-state index is 11.8. The lowest BCUT2D eigenvalue weighted by atomic mass is 9.68. The molecule has 178 valence electrons. The van der Waals surface area contributed by atoms with E-state index in [2.05, 4.69) is 15.5 Å². The van der Waals surface area contributed by atoms with Gasteiger partial charge in [0, 0.05) is 48.1 Å². The molecule has 2 heterocycles. The Bertz CT molecular complexity index is 993. The van der Waals surface area contributed by atoms with Crippen LogP contribution in [0.1, 0.15) is 25.0 Å².